The van der Waals surface area contributed by atoms with E-state index in [1.807, 2.05) is 63.2 Å². The average Bonchev–Trinajstić information content (AvgIpc) is 2.71. The molecule has 30 heavy (non-hydrogen) atoms. The molecule has 0 spiro atoms. The molecule has 0 aliphatic heterocycles. The number of ether oxygens (including phenoxy) is 1. The summed E-state index contributed by atoms with van der Waals surface area (Å²) in [6.45, 7) is 9.83. The highest BCUT2D eigenvalue weighted by molar-refractivity contribution is 7.99. The van der Waals surface area contributed by atoms with Gasteiger partial charge in [-0.25, -0.2) is 4.98 Å². The van der Waals surface area contributed by atoms with Gasteiger partial charge in [0, 0.05) is 0 Å². The van der Waals surface area contributed by atoms with Crippen molar-refractivity contribution in [1.29, 1.82) is 0 Å². The van der Waals surface area contributed by atoms with Crippen molar-refractivity contribution in [1.82, 2.24) is 9.55 Å². The van der Waals surface area contributed by atoms with Gasteiger partial charge in [0.15, 0.2) is 5.16 Å². The zero-order valence-corrected chi connectivity index (χ0v) is 19.0. The molecule has 0 bridgehead atoms. The molecule has 0 saturated carbocycles. The summed E-state index contributed by atoms with van der Waals surface area (Å²) in [4.78, 5) is 30.2. The normalized spacial score (nSPS) is 12.7. The molecule has 0 radical (unpaired) electrons. The number of hydrogen-bond donors (Lipinski definition) is 0. The fraction of sp³-hybridized carbons (Fsp3) is 0.375. The van der Waals surface area contributed by atoms with Gasteiger partial charge in [-0.2, -0.15) is 0 Å². The lowest BCUT2D eigenvalue weighted by atomic mass is 9.98. The maximum atomic E-state index is 13.3. The molecule has 0 aliphatic rings. The van der Waals surface area contributed by atoms with Crippen LogP contribution in [0.4, 0.5) is 0 Å². The van der Waals surface area contributed by atoms with Crippen LogP contribution < -0.4 is 5.56 Å². The van der Waals surface area contributed by atoms with Crippen LogP contribution in [0, 0.1) is 0 Å². The molecule has 1 heterocycles. The first-order chi connectivity index (χ1) is 14.2. The second-order valence-corrected chi connectivity index (χ2v) is 9.27. The number of fused-ring (bicyclic) bond motifs is 1. The second kappa shape index (κ2) is 9.04. The molecule has 0 saturated heterocycles. The van der Waals surface area contributed by atoms with Gasteiger partial charge in [0.05, 0.1) is 22.3 Å². The lowest BCUT2D eigenvalue weighted by Crippen LogP contribution is -2.26. The highest BCUT2D eigenvalue weighted by Gasteiger charge is 2.19. The van der Waals surface area contributed by atoms with Crippen molar-refractivity contribution in [2.45, 2.75) is 57.7 Å². The lowest BCUT2D eigenvalue weighted by molar-refractivity contribution is -0.151. The van der Waals surface area contributed by atoms with Crippen molar-refractivity contribution < 1.29 is 9.53 Å². The minimum Gasteiger partial charge on any atom is -0.459 e. The maximum Gasteiger partial charge on any atom is 0.316 e. The first-order valence-electron chi connectivity index (χ1n) is 10.2. The fourth-order valence-electron chi connectivity index (χ4n) is 3.12. The van der Waals surface area contributed by atoms with Crippen molar-refractivity contribution in [2.24, 2.45) is 0 Å². The Hall–Kier alpha value is -2.60. The van der Waals surface area contributed by atoms with Crippen LogP contribution in [-0.4, -0.2) is 26.9 Å². The predicted molar refractivity (Wildman–Crippen MR) is 123 cm³/mol. The molecule has 3 aromatic rings. The molecule has 0 unspecified atom stereocenters. The highest BCUT2D eigenvalue weighted by atomic mass is 32.2. The molecule has 1 aromatic heterocycles. The van der Waals surface area contributed by atoms with Gasteiger partial charge in [-0.3, -0.25) is 14.2 Å². The monoisotopic (exact) mass is 424 g/mol. The largest absolute Gasteiger partial charge is 0.459 e. The quantitative estimate of drug-likeness (QED) is 0.304. The van der Waals surface area contributed by atoms with E-state index in [0.29, 0.717) is 22.0 Å². The van der Waals surface area contributed by atoms with E-state index in [1.165, 1.54) is 17.3 Å². The van der Waals surface area contributed by atoms with E-state index in [2.05, 4.69) is 18.8 Å². The zero-order valence-electron chi connectivity index (χ0n) is 18.1. The molecule has 6 heteroatoms. The molecule has 0 aliphatic carbocycles. The van der Waals surface area contributed by atoms with E-state index in [0.717, 1.165) is 12.1 Å². The molecule has 3 rings (SSSR count). The third-order valence-corrected chi connectivity index (χ3v) is 5.73. The molecule has 2 aromatic carbocycles. The van der Waals surface area contributed by atoms with Crippen LogP contribution in [0.15, 0.2) is 58.5 Å². The zero-order chi connectivity index (χ0) is 21.9. The number of benzene rings is 2. The van der Waals surface area contributed by atoms with Crippen LogP contribution in [0.25, 0.3) is 16.6 Å². The van der Waals surface area contributed by atoms with Crippen molar-refractivity contribution in [3.05, 3.63) is 64.4 Å². The number of rotatable bonds is 6. The smallest absolute Gasteiger partial charge is 0.316 e. The van der Waals surface area contributed by atoms with Crippen LogP contribution in [0.1, 0.15) is 52.5 Å². The number of esters is 1. The Morgan fingerprint density at radius 1 is 1.13 bits per heavy atom. The molecule has 0 fully saturated rings. The average molecular weight is 425 g/mol. The summed E-state index contributed by atoms with van der Waals surface area (Å²) in [7, 11) is 0. The predicted octanol–water partition coefficient (Wildman–Crippen LogP) is 5.33. The Balaban J connectivity index is 2.03. The fourth-order valence-corrected chi connectivity index (χ4v) is 3.91. The number of hydrogen-bond acceptors (Lipinski definition) is 5. The van der Waals surface area contributed by atoms with Crippen LogP contribution >= 0.6 is 11.8 Å². The molecular weight excluding hydrogens is 396 g/mol. The summed E-state index contributed by atoms with van der Waals surface area (Å²) in [5.74, 6) is 0.188. The van der Waals surface area contributed by atoms with Crippen molar-refractivity contribution in [2.75, 3.05) is 5.75 Å². The van der Waals surface area contributed by atoms with Gasteiger partial charge in [0.2, 0.25) is 0 Å². The molecular formula is C24H28N2O3S. The number of para-hydroxylation sites is 1. The number of aromatic nitrogens is 2. The third-order valence-electron chi connectivity index (χ3n) is 4.82. The Morgan fingerprint density at radius 3 is 2.43 bits per heavy atom. The number of carbonyl (C=O) groups is 1. The van der Waals surface area contributed by atoms with E-state index in [9.17, 15) is 9.59 Å². The van der Waals surface area contributed by atoms with E-state index >= 15 is 0 Å². The Kier molecular flexibility index (Phi) is 6.66. The third kappa shape index (κ3) is 5.11. The van der Waals surface area contributed by atoms with Crippen molar-refractivity contribution in [3.8, 4) is 5.69 Å². The van der Waals surface area contributed by atoms with Gasteiger partial charge < -0.3 is 4.74 Å². The first-order valence-corrected chi connectivity index (χ1v) is 11.1. The van der Waals surface area contributed by atoms with Gasteiger partial charge in [-0.15, -0.1) is 0 Å². The van der Waals surface area contributed by atoms with Gasteiger partial charge in [-0.1, -0.05) is 49.9 Å². The maximum absolute atomic E-state index is 13.3. The molecule has 5 nitrogen and oxygen atoms in total. The van der Waals surface area contributed by atoms with Crippen molar-refractivity contribution in [3.63, 3.8) is 0 Å². The Morgan fingerprint density at radius 2 is 1.80 bits per heavy atom. The summed E-state index contributed by atoms with van der Waals surface area (Å²) < 4.78 is 6.98. The highest BCUT2D eigenvalue weighted by Crippen LogP contribution is 2.24. The SMILES string of the molecule is CC[C@H](C)c1ccc(-n2c(SCC(=O)OC(C)(C)C)nc3ccccc3c2=O)cc1. The van der Waals surface area contributed by atoms with E-state index in [4.69, 9.17) is 4.74 Å². The summed E-state index contributed by atoms with van der Waals surface area (Å²) in [6, 6.07) is 15.2. The van der Waals surface area contributed by atoms with Gasteiger partial charge >= 0.3 is 5.97 Å². The topological polar surface area (TPSA) is 61.2 Å². The van der Waals surface area contributed by atoms with Crippen LogP contribution in [0.5, 0.6) is 0 Å². The minimum absolute atomic E-state index is 0.0764. The molecule has 0 amide bonds. The summed E-state index contributed by atoms with van der Waals surface area (Å²) in [5, 5.41) is 1.02. The summed E-state index contributed by atoms with van der Waals surface area (Å²) >= 11 is 1.21. The van der Waals surface area contributed by atoms with E-state index in [1.54, 1.807) is 10.6 Å². The van der Waals surface area contributed by atoms with E-state index in [-0.39, 0.29) is 17.3 Å². The van der Waals surface area contributed by atoms with Gasteiger partial charge in [-0.05, 0) is 62.9 Å². The number of carbonyl (C=O) groups excluding carboxylic acids is 1. The molecule has 0 N–H and O–H groups in total. The van der Waals surface area contributed by atoms with Gasteiger partial charge in [0.1, 0.15) is 5.60 Å². The molecule has 158 valence electrons. The molecule has 1 atom stereocenters. The summed E-state index contributed by atoms with van der Waals surface area (Å²) in [5.41, 5.74) is 1.87. The van der Waals surface area contributed by atoms with Gasteiger partial charge in [0.25, 0.3) is 5.56 Å². The number of nitrogens with zero attached hydrogens (tertiary/aromatic N) is 2. The van der Waals surface area contributed by atoms with E-state index < -0.39 is 5.60 Å². The minimum atomic E-state index is -0.556. The summed E-state index contributed by atoms with van der Waals surface area (Å²) in [6.07, 6.45) is 1.05. The lowest BCUT2D eigenvalue weighted by Gasteiger charge is -2.19. The standard InChI is InChI=1S/C24H28N2O3S/c1-6-16(2)17-11-13-18(14-12-17)26-22(28)19-9-7-8-10-20(19)25-23(26)30-15-21(27)29-24(3,4)5/h7-14,16H,6,15H2,1-5H3/t16-/m0/s1. The second-order valence-electron chi connectivity index (χ2n) is 8.33. The van der Waals surface area contributed by atoms with Crippen molar-refractivity contribution >= 4 is 28.6 Å². The Labute approximate surface area is 181 Å². The van der Waals surface area contributed by atoms with Crippen LogP contribution in [0.3, 0.4) is 0 Å². The number of thioether (sulfide) groups is 1. The van der Waals surface area contributed by atoms with Crippen LogP contribution in [-0.2, 0) is 9.53 Å². The first kappa shape index (κ1) is 22.1. The Bertz CT molecular complexity index is 1100. The van der Waals surface area contributed by atoms with Crippen LogP contribution in [0.2, 0.25) is 0 Å².